The lowest BCUT2D eigenvalue weighted by atomic mass is 9.91. The second kappa shape index (κ2) is 10.4. The summed E-state index contributed by atoms with van der Waals surface area (Å²) in [5, 5.41) is 0. The third-order valence-electron chi connectivity index (χ3n) is 6.28. The van der Waals surface area contributed by atoms with E-state index in [0.29, 0.717) is 50.9 Å². The van der Waals surface area contributed by atoms with Crippen molar-refractivity contribution in [3.05, 3.63) is 59.7 Å². The van der Waals surface area contributed by atoms with Gasteiger partial charge in [0.2, 0.25) is 10.0 Å². The topological polar surface area (TPSA) is 66.9 Å². The average Bonchev–Trinajstić information content (AvgIpc) is 2.84. The summed E-state index contributed by atoms with van der Waals surface area (Å²) in [6.07, 6.45) is 4.57. The molecule has 172 valence electrons. The van der Waals surface area contributed by atoms with E-state index in [0.717, 1.165) is 24.2 Å². The maximum absolute atomic E-state index is 13.4. The number of piperidine rings is 1. The fourth-order valence-electron chi connectivity index (χ4n) is 4.40. The van der Waals surface area contributed by atoms with E-state index in [1.54, 1.807) is 27.4 Å². The number of benzene rings is 2. The molecule has 0 spiro atoms. The van der Waals surface area contributed by atoms with Crippen LogP contribution in [-0.2, 0) is 21.2 Å². The van der Waals surface area contributed by atoms with Gasteiger partial charge in [-0.1, -0.05) is 30.3 Å². The van der Waals surface area contributed by atoms with Gasteiger partial charge in [0.15, 0.2) is 0 Å². The van der Waals surface area contributed by atoms with Gasteiger partial charge in [0.1, 0.15) is 0 Å². The zero-order valence-corrected chi connectivity index (χ0v) is 20.0. The zero-order chi connectivity index (χ0) is 22.6. The van der Waals surface area contributed by atoms with Crippen LogP contribution in [0.5, 0.6) is 0 Å². The fraction of sp³-hybridized carbons (Fsp3) is 0.458. The number of amides is 1. The Hall–Kier alpha value is -1.87. The molecule has 1 amide bonds. The Morgan fingerprint density at radius 2 is 1.72 bits per heavy atom. The van der Waals surface area contributed by atoms with Crippen LogP contribution in [0.15, 0.2) is 58.3 Å². The Kier molecular flexibility index (Phi) is 7.55. The smallest absolute Gasteiger partial charge is 0.255 e. The van der Waals surface area contributed by atoms with Crippen molar-refractivity contribution in [2.24, 2.45) is 5.92 Å². The van der Waals surface area contributed by atoms with Crippen molar-refractivity contribution >= 4 is 27.7 Å². The molecular formula is C24H30N2O4S2. The van der Waals surface area contributed by atoms with E-state index in [9.17, 15) is 13.2 Å². The first kappa shape index (κ1) is 23.3. The van der Waals surface area contributed by atoms with E-state index in [-0.39, 0.29) is 10.8 Å². The molecule has 0 atom stereocenters. The van der Waals surface area contributed by atoms with Crippen LogP contribution in [0, 0.1) is 5.92 Å². The van der Waals surface area contributed by atoms with Crippen molar-refractivity contribution in [1.29, 1.82) is 0 Å². The summed E-state index contributed by atoms with van der Waals surface area (Å²) in [7, 11) is -3.64. The van der Waals surface area contributed by atoms with Crippen LogP contribution in [-0.4, -0.2) is 69.2 Å². The molecular weight excluding hydrogens is 444 g/mol. The van der Waals surface area contributed by atoms with Gasteiger partial charge in [0.05, 0.1) is 23.7 Å². The molecule has 2 aromatic carbocycles. The first-order valence-electron chi connectivity index (χ1n) is 11.1. The van der Waals surface area contributed by atoms with Gasteiger partial charge in [-0.3, -0.25) is 4.79 Å². The summed E-state index contributed by atoms with van der Waals surface area (Å²) in [4.78, 5) is 15.8. The van der Waals surface area contributed by atoms with Crippen LogP contribution in [0.1, 0.15) is 28.8 Å². The van der Waals surface area contributed by atoms with Gasteiger partial charge in [-0.25, -0.2) is 8.42 Å². The number of hydrogen-bond donors (Lipinski definition) is 0. The van der Waals surface area contributed by atoms with E-state index in [1.807, 2.05) is 24.5 Å². The highest BCUT2D eigenvalue weighted by Gasteiger charge is 2.31. The SMILES string of the molecule is CSc1ccc(S(=O)(=O)N2CCC(Cc3ccccc3)CC2)cc1C(=O)N1CCOCC1. The summed E-state index contributed by atoms with van der Waals surface area (Å²) in [5.41, 5.74) is 1.76. The number of nitrogens with zero attached hydrogens (tertiary/aromatic N) is 2. The second-order valence-corrected chi connectivity index (χ2v) is 11.1. The first-order chi connectivity index (χ1) is 15.5. The first-order valence-corrected chi connectivity index (χ1v) is 13.7. The highest BCUT2D eigenvalue weighted by Crippen LogP contribution is 2.30. The van der Waals surface area contributed by atoms with E-state index in [4.69, 9.17) is 4.74 Å². The molecule has 0 radical (unpaired) electrons. The van der Waals surface area contributed by atoms with Crippen molar-refractivity contribution in [3.63, 3.8) is 0 Å². The molecule has 2 saturated heterocycles. The normalized spacial score (nSPS) is 18.6. The Bertz CT molecular complexity index is 1030. The second-order valence-electron chi connectivity index (χ2n) is 8.30. The minimum Gasteiger partial charge on any atom is -0.378 e. The van der Waals surface area contributed by atoms with Crippen LogP contribution in [0.2, 0.25) is 0 Å². The monoisotopic (exact) mass is 474 g/mol. The largest absolute Gasteiger partial charge is 0.378 e. The number of carbonyl (C=O) groups is 1. The van der Waals surface area contributed by atoms with Crippen molar-refractivity contribution in [2.75, 3.05) is 45.6 Å². The van der Waals surface area contributed by atoms with Crippen molar-refractivity contribution in [2.45, 2.75) is 29.1 Å². The third-order valence-corrected chi connectivity index (χ3v) is 8.97. The molecule has 4 rings (SSSR count). The van der Waals surface area contributed by atoms with Crippen molar-refractivity contribution in [1.82, 2.24) is 9.21 Å². The standard InChI is InChI=1S/C24H30N2O4S2/c1-31-23-8-7-21(18-22(23)24(27)25-13-15-30-16-14-25)32(28,29)26-11-9-20(10-12-26)17-19-5-3-2-4-6-19/h2-8,18,20H,9-17H2,1H3. The lowest BCUT2D eigenvalue weighted by molar-refractivity contribution is 0.0300. The Morgan fingerprint density at radius 3 is 2.38 bits per heavy atom. The molecule has 32 heavy (non-hydrogen) atoms. The average molecular weight is 475 g/mol. The number of thioether (sulfide) groups is 1. The Morgan fingerprint density at radius 1 is 1.03 bits per heavy atom. The summed E-state index contributed by atoms with van der Waals surface area (Å²) in [6.45, 7) is 3.09. The summed E-state index contributed by atoms with van der Waals surface area (Å²) >= 11 is 1.46. The van der Waals surface area contributed by atoms with Gasteiger partial charge in [-0.2, -0.15) is 4.31 Å². The van der Waals surface area contributed by atoms with Crippen LogP contribution in [0.3, 0.4) is 0 Å². The van der Waals surface area contributed by atoms with Crippen LogP contribution >= 0.6 is 11.8 Å². The summed E-state index contributed by atoms with van der Waals surface area (Å²) < 4.78 is 33.7. The molecule has 0 saturated carbocycles. The lowest BCUT2D eigenvalue weighted by Gasteiger charge is -2.31. The number of morpholine rings is 1. The summed E-state index contributed by atoms with van der Waals surface area (Å²) in [5.74, 6) is 0.359. The molecule has 0 aromatic heterocycles. The van der Waals surface area contributed by atoms with Gasteiger partial charge in [-0.05, 0) is 55.2 Å². The molecule has 0 bridgehead atoms. The van der Waals surface area contributed by atoms with E-state index < -0.39 is 10.0 Å². The van der Waals surface area contributed by atoms with E-state index in [2.05, 4.69) is 12.1 Å². The molecule has 0 aliphatic carbocycles. The Balaban J connectivity index is 1.48. The molecule has 2 fully saturated rings. The minimum atomic E-state index is -3.64. The maximum atomic E-state index is 13.4. The van der Waals surface area contributed by atoms with Crippen LogP contribution in [0.25, 0.3) is 0 Å². The third kappa shape index (κ3) is 5.20. The predicted molar refractivity (Wildman–Crippen MR) is 127 cm³/mol. The molecule has 2 aliphatic rings. The molecule has 2 aliphatic heterocycles. The van der Waals surface area contributed by atoms with Crippen molar-refractivity contribution < 1.29 is 17.9 Å². The molecule has 6 nitrogen and oxygen atoms in total. The highest BCUT2D eigenvalue weighted by molar-refractivity contribution is 7.98. The number of hydrogen-bond acceptors (Lipinski definition) is 5. The van der Waals surface area contributed by atoms with Crippen LogP contribution in [0.4, 0.5) is 0 Å². The number of carbonyl (C=O) groups excluding carboxylic acids is 1. The van der Waals surface area contributed by atoms with Gasteiger partial charge in [-0.15, -0.1) is 11.8 Å². The fourth-order valence-corrected chi connectivity index (χ4v) is 6.47. The zero-order valence-electron chi connectivity index (χ0n) is 18.4. The molecule has 8 heteroatoms. The van der Waals surface area contributed by atoms with Crippen molar-refractivity contribution in [3.8, 4) is 0 Å². The molecule has 2 heterocycles. The number of rotatable bonds is 6. The number of sulfonamides is 1. The molecule has 0 N–H and O–H groups in total. The number of ether oxygens (including phenoxy) is 1. The van der Waals surface area contributed by atoms with Gasteiger partial charge in [0.25, 0.3) is 5.91 Å². The maximum Gasteiger partial charge on any atom is 0.255 e. The van der Waals surface area contributed by atoms with Crippen LogP contribution < -0.4 is 0 Å². The van der Waals surface area contributed by atoms with Gasteiger partial charge < -0.3 is 9.64 Å². The predicted octanol–water partition coefficient (Wildman–Crippen LogP) is 3.52. The van der Waals surface area contributed by atoms with Gasteiger partial charge >= 0.3 is 0 Å². The minimum absolute atomic E-state index is 0.128. The Labute approximate surface area is 195 Å². The quantitative estimate of drug-likeness (QED) is 0.600. The van der Waals surface area contributed by atoms with Gasteiger partial charge in [0, 0.05) is 31.1 Å². The lowest BCUT2D eigenvalue weighted by Crippen LogP contribution is -2.41. The highest BCUT2D eigenvalue weighted by atomic mass is 32.2. The van der Waals surface area contributed by atoms with E-state index >= 15 is 0 Å². The van der Waals surface area contributed by atoms with E-state index in [1.165, 1.54) is 17.3 Å². The molecule has 0 unspecified atom stereocenters. The summed E-state index contributed by atoms with van der Waals surface area (Å²) in [6, 6.07) is 15.3. The molecule has 2 aromatic rings.